The smallest absolute Gasteiger partial charge is 0.149 e. The minimum absolute atomic E-state index is 0.0609. The molecule has 3 rings (SSSR count). The van der Waals surface area contributed by atoms with Crippen molar-refractivity contribution in [1.82, 2.24) is 20.3 Å². The van der Waals surface area contributed by atoms with Gasteiger partial charge in [-0.2, -0.15) is 0 Å². The number of nitrogens with zero attached hydrogens (tertiary/aromatic N) is 3. The third-order valence-electron chi connectivity index (χ3n) is 3.32. The Morgan fingerprint density at radius 1 is 1.00 bits per heavy atom. The summed E-state index contributed by atoms with van der Waals surface area (Å²) in [7, 11) is 1.91. The molecule has 3 aromatic rings. The summed E-state index contributed by atoms with van der Waals surface area (Å²) in [5.41, 5.74) is 3.13. The second-order valence-electron chi connectivity index (χ2n) is 4.76. The van der Waals surface area contributed by atoms with Crippen LogP contribution < -0.4 is 5.32 Å². The van der Waals surface area contributed by atoms with E-state index in [0.717, 1.165) is 27.9 Å². The van der Waals surface area contributed by atoms with E-state index in [0.29, 0.717) is 0 Å². The standard InChI is InChI=1S/C16H16N4/c1-11-9-19-16(20-10-11)15(17-2)13-7-3-5-12-6-4-8-18-14(12)13/h3-10,15,17H,1-2H3. The molecule has 2 heterocycles. The number of fused-ring (bicyclic) bond motifs is 1. The Balaban J connectivity index is 2.14. The van der Waals surface area contributed by atoms with Crippen molar-refractivity contribution in [3.05, 3.63) is 65.9 Å². The van der Waals surface area contributed by atoms with Crippen LogP contribution in [0.5, 0.6) is 0 Å². The fourth-order valence-electron chi connectivity index (χ4n) is 2.34. The van der Waals surface area contributed by atoms with Gasteiger partial charge in [-0.1, -0.05) is 24.3 Å². The Kier molecular flexibility index (Phi) is 3.39. The summed E-state index contributed by atoms with van der Waals surface area (Å²) in [5, 5.41) is 4.40. The number of aromatic nitrogens is 3. The Morgan fingerprint density at radius 2 is 1.75 bits per heavy atom. The van der Waals surface area contributed by atoms with Crippen molar-refractivity contribution < 1.29 is 0 Å². The van der Waals surface area contributed by atoms with Gasteiger partial charge in [0.2, 0.25) is 0 Å². The number of hydrogen-bond donors (Lipinski definition) is 1. The van der Waals surface area contributed by atoms with E-state index in [4.69, 9.17) is 0 Å². The Morgan fingerprint density at radius 3 is 2.50 bits per heavy atom. The number of nitrogens with one attached hydrogen (secondary N) is 1. The van der Waals surface area contributed by atoms with Gasteiger partial charge in [0.1, 0.15) is 5.82 Å². The van der Waals surface area contributed by atoms with Crippen LogP contribution in [0.25, 0.3) is 10.9 Å². The Bertz CT molecular complexity index is 717. The molecule has 2 aromatic heterocycles. The first-order valence-electron chi connectivity index (χ1n) is 6.59. The number of benzene rings is 1. The predicted octanol–water partition coefficient (Wildman–Crippen LogP) is 2.64. The zero-order valence-corrected chi connectivity index (χ0v) is 11.5. The lowest BCUT2D eigenvalue weighted by Gasteiger charge is -2.16. The number of para-hydroxylation sites is 1. The Hall–Kier alpha value is -2.33. The quantitative estimate of drug-likeness (QED) is 0.790. The van der Waals surface area contributed by atoms with Gasteiger partial charge in [0, 0.05) is 29.5 Å². The average molecular weight is 264 g/mol. The molecule has 0 aliphatic carbocycles. The highest BCUT2D eigenvalue weighted by Gasteiger charge is 2.17. The van der Waals surface area contributed by atoms with Gasteiger partial charge < -0.3 is 5.32 Å². The lowest BCUT2D eigenvalue weighted by atomic mass is 10.0. The van der Waals surface area contributed by atoms with Gasteiger partial charge in [-0.3, -0.25) is 4.98 Å². The van der Waals surface area contributed by atoms with Crippen LogP contribution >= 0.6 is 0 Å². The van der Waals surface area contributed by atoms with Crippen LogP contribution in [0.4, 0.5) is 0 Å². The van der Waals surface area contributed by atoms with Crippen molar-refractivity contribution in [2.45, 2.75) is 13.0 Å². The molecular formula is C16H16N4. The van der Waals surface area contributed by atoms with Gasteiger partial charge in [0.25, 0.3) is 0 Å². The minimum Gasteiger partial charge on any atom is -0.307 e. The summed E-state index contributed by atoms with van der Waals surface area (Å²) in [6.07, 6.45) is 5.49. The zero-order valence-electron chi connectivity index (χ0n) is 11.5. The normalized spacial score (nSPS) is 12.5. The fourth-order valence-corrected chi connectivity index (χ4v) is 2.34. The van der Waals surface area contributed by atoms with Gasteiger partial charge >= 0.3 is 0 Å². The highest BCUT2D eigenvalue weighted by atomic mass is 15.0. The topological polar surface area (TPSA) is 50.7 Å². The average Bonchev–Trinajstić information content (AvgIpc) is 2.50. The maximum Gasteiger partial charge on any atom is 0.149 e. The SMILES string of the molecule is CNC(c1ncc(C)cn1)c1cccc2cccnc12. The minimum atomic E-state index is -0.0609. The molecule has 20 heavy (non-hydrogen) atoms. The molecule has 1 atom stereocenters. The molecule has 0 fully saturated rings. The summed E-state index contributed by atoms with van der Waals surface area (Å²) in [6.45, 7) is 1.98. The third-order valence-corrected chi connectivity index (χ3v) is 3.32. The molecule has 1 N–H and O–H groups in total. The first-order valence-corrected chi connectivity index (χ1v) is 6.59. The van der Waals surface area contributed by atoms with Crippen LogP contribution in [-0.2, 0) is 0 Å². The van der Waals surface area contributed by atoms with E-state index in [1.807, 2.05) is 44.7 Å². The molecule has 0 aliphatic rings. The molecule has 0 spiro atoms. The molecule has 0 aliphatic heterocycles. The fraction of sp³-hybridized carbons (Fsp3) is 0.188. The highest BCUT2D eigenvalue weighted by molar-refractivity contribution is 5.82. The number of aryl methyl sites for hydroxylation is 1. The molecule has 0 radical (unpaired) electrons. The van der Waals surface area contributed by atoms with Crippen LogP contribution in [0.15, 0.2) is 48.9 Å². The summed E-state index contributed by atoms with van der Waals surface area (Å²) >= 11 is 0. The van der Waals surface area contributed by atoms with Crippen molar-refractivity contribution in [2.24, 2.45) is 0 Å². The van der Waals surface area contributed by atoms with Gasteiger partial charge in [-0.15, -0.1) is 0 Å². The summed E-state index contributed by atoms with van der Waals surface area (Å²) < 4.78 is 0. The molecule has 4 nitrogen and oxygen atoms in total. The van der Waals surface area contributed by atoms with Crippen molar-refractivity contribution in [1.29, 1.82) is 0 Å². The van der Waals surface area contributed by atoms with Crippen LogP contribution in [-0.4, -0.2) is 22.0 Å². The van der Waals surface area contributed by atoms with Gasteiger partial charge in [-0.05, 0) is 25.6 Å². The first kappa shape index (κ1) is 12.7. The van der Waals surface area contributed by atoms with E-state index in [-0.39, 0.29) is 6.04 Å². The van der Waals surface area contributed by atoms with Gasteiger partial charge in [-0.25, -0.2) is 9.97 Å². The van der Waals surface area contributed by atoms with E-state index in [1.54, 1.807) is 0 Å². The Labute approximate surface area is 117 Å². The molecule has 4 heteroatoms. The van der Waals surface area contributed by atoms with E-state index >= 15 is 0 Å². The molecule has 0 saturated heterocycles. The molecule has 0 bridgehead atoms. The van der Waals surface area contributed by atoms with Crippen molar-refractivity contribution in [3.63, 3.8) is 0 Å². The maximum absolute atomic E-state index is 4.50. The molecule has 1 unspecified atom stereocenters. The third kappa shape index (κ3) is 2.26. The largest absolute Gasteiger partial charge is 0.307 e. The second kappa shape index (κ2) is 5.35. The van der Waals surface area contributed by atoms with Crippen LogP contribution in [0.3, 0.4) is 0 Å². The lowest BCUT2D eigenvalue weighted by molar-refractivity contribution is 0.648. The molecule has 1 aromatic carbocycles. The first-order chi connectivity index (χ1) is 9.79. The van der Waals surface area contributed by atoms with Crippen LogP contribution in [0.2, 0.25) is 0 Å². The van der Waals surface area contributed by atoms with E-state index in [9.17, 15) is 0 Å². The molecule has 100 valence electrons. The summed E-state index contributed by atoms with van der Waals surface area (Å²) in [6, 6.07) is 10.1. The van der Waals surface area contributed by atoms with Crippen LogP contribution in [0.1, 0.15) is 23.0 Å². The second-order valence-corrected chi connectivity index (χ2v) is 4.76. The monoisotopic (exact) mass is 264 g/mol. The van der Waals surface area contributed by atoms with Crippen molar-refractivity contribution in [3.8, 4) is 0 Å². The predicted molar refractivity (Wildman–Crippen MR) is 79.4 cm³/mol. The summed E-state index contributed by atoms with van der Waals surface area (Å²) in [4.78, 5) is 13.4. The lowest BCUT2D eigenvalue weighted by Crippen LogP contribution is -2.20. The zero-order chi connectivity index (χ0) is 13.9. The number of hydrogen-bond acceptors (Lipinski definition) is 4. The molecule has 0 amide bonds. The van der Waals surface area contributed by atoms with Gasteiger partial charge in [0.05, 0.1) is 11.6 Å². The van der Waals surface area contributed by atoms with E-state index < -0.39 is 0 Å². The van der Waals surface area contributed by atoms with Gasteiger partial charge in [0.15, 0.2) is 0 Å². The number of rotatable bonds is 3. The number of pyridine rings is 1. The molecular weight excluding hydrogens is 248 g/mol. The maximum atomic E-state index is 4.50. The van der Waals surface area contributed by atoms with E-state index in [2.05, 4.69) is 38.5 Å². The van der Waals surface area contributed by atoms with E-state index in [1.165, 1.54) is 0 Å². The van der Waals surface area contributed by atoms with Crippen LogP contribution in [0, 0.1) is 6.92 Å². The summed E-state index contributed by atoms with van der Waals surface area (Å²) in [5.74, 6) is 0.760. The highest BCUT2D eigenvalue weighted by Crippen LogP contribution is 2.25. The molecule has 0 saturated carbocycles. The van der Waals surface area contributed by atoms with Crippen molar-refractivity contribution >= 4 is 10.9 Å². The van der Waals surface area contributed by atoms with Crippen molar-refractivity contribution in [2.75, 3.05) is 7.05 Å².